The number of benzene rings is 1. The predicted octanol–water partition coefficient (Wildman–Crippen LogP) is 2.54. The molecule has 5 rings (SSSR count). The van der Waals surface area contributed by atoms with Gasteiger partial charge in [0, 0.05) is 37.1 Å². The van der Waals surface area contributed by atoms with Crippen LogP contribution >= 0.6 is 0 Å². The van der Waals surface area contributed by atoms with Crippen molar-refractivity contribution in [3.05, 3.63) is 57.3 Å². The minimum Gasteiger partial charge on any atom is -0.390 e. The van der Waals surface area contributed by atoms with Crippen molar-refractivity contribution >= 4 is 22.4 Å². The van der Waals surface area contributed by atoms with E-state index in [-0.39, 0.29) is 23.0 Å². The molecule has 0 radical (unpaired) electrons. The maximum absolute atomic E-state index is 15.0. The molecule has 12 heteroatoms. The molecular weight excluding hydrogens is 489 g/mol. The molecule has 2 aliphatic heterocycles. The first-order valence-electron chi connectivity index (χ1n) is 12.2. The lowest BCUT2D eigenvalue weighted by Gasteiger charge is -2.44. The Kier molecular flexibility index (Phi) is 6.82. The van der Waals surface area contributed by atoms with Crippen LogP contribution in [0.5, 0.6) is 0 Å². The lowest BCUT2D eigenvalue weighted by molar-refractivity contribution is -0.0583. The molecule has 2 aliphatic rings. The van der Waals surface area contributed by atoms with Gasteiger partial charge in [-0.05, 0) is 26.0 Å². The van der Waals surface area contributed by atoms with Crippen molar-refractivity contribution in [3.63, 3.8) is 0 Å². The molecular formula is C25H29F3N6O3. The lowest BCUT2D eigenvalue weighted by atomic mass is 10.00. The monoisotopic (exact) mass is 518 g/mol. The van der Waals surface area contributed by atoms with Crippen LogP contribution < -0.4 is 15.8 Å². The summed E-state index contributed by atoms with van der Waals surface area (Å²) in [7, 11) is 0. The Morgan fingerprint density at radius 2 is 2.11 bits per heavy atom. The van der Waals surface area contributed by atoms with Gasteiger partial charge in [0.2, 0.25) is 0 Å². The number of fused-ring (bicyclic) bond motifs is 2. The third-order valence-electron chi connectivity index (χ3n) is 7.16. The Balaban J connectivity index is 1.49. The number of ether oxygens (including phenoxy) is 1. The average Bonchev–Trinajstić information content (AvgIpc) is 2.90. The second kappa shape index (κ2) is 9.92. The van der Waals surface area contributed by atoms with E-state index in [4.69, 9.17) is 9.84 Å². The number of nitrogens with one attached hydrogen (secondary N) is 2. The summed E-state index contributed by atoms with van der Waals surface area (Å²) in [6.07, 6.45) is 0. The Hall–Kier alpha value is -3.22. The van der Waals surface area contributed by atoms with Crippen molar-refractivity contribution < 1.29 is 23.0 Å². The number of aromatic amines is 1. The molecule has 4 heterocycles. The van der Waals surface area contributed by atoms with Gasteiger partial charge in [-0.3, -0.25) is 9.69 Å². The minimum atomic E-state index is -3.71. The van der Waals surface area contributed by atoms with Gasteiger partial charge in [-0.1, -0.05) is 12.1 Å². The van der Waals surface area contributed by atoms with E-state index in [2.05, 4.69) is 25.4 Å². The second-order valence-electron chi connectivity index (χ2n) is 9.55. The first-order chi connectivity index (χ1) is 17.7. The number of morpholine rings is 1. The van der Waals surface area contributed by atoms with Crippen LogP contribution in [0.2, 0.25) is 0 Å². The van der Waals surface area contributed by atoms with Gasteiger partial charge in [0.1, 0.15) is 18.1 Å². The number of rotatable bonds is 6. The number of aromatic nitrogens is 3. The highest BCUT2D eigenvalue weighted by molar-refractivity contribution is 5.92. The molecule has 37 heavy (non-hydrogen) atoms. The average molecular weight is 519 g/mol. The van der Waals surface area contributed by atoms with Gasteiger partial charge < -0.3 is 25.0 Å². The van der Waals surface area contributed by atoms with Crippen LogP contribution in [0.15, 0.2) is 29.1 Å². The van der Waals surface area contributed by atoms with Crippen molar-refractivity contribution in [2.75, 3.05) is 56.2 Å². The summed E-state index contributed by atoms with van der Waals surface area (Å²) in [5.41, 5.74) is 0.337. The molecule has 198 valence electrons. The predicted molar refractivity (Wildman–Crippen MR) is 133 cm³/mol. The van der Waals surface area contributed by atoms with Crippen LogP contribution in [0.25, 0.3) is 10.9 Å². The zero-order valence-electron chi connectivity index (χ0n) is 20.6. The fraction of sp³-hybridized carbons (Fsp3) is 0.480. The van der Waals surface area contributed by atoms with Gasteiger partial charge in [-0.15, -0.1) is 5.10 Å². The standard InChI is InChI=1S/C25H29F3N6O3/c1-14(17-4-3-5-19(21(17)26)25(27,28)13-35)29-23-18-10-20(24(36)30-22(18)15(2)31-32-23)34-7-6-33-8-9-37-12-16(33)11-34/h3-5,10,14,16,35H,6-9,11-13H2,1-2H3,(H,29,32)(H,30,36)/t14-,16+/m1/s1. The Bertz CT molecular complexity index is 1370. The minimum absolute atomic E-state index is 0.0146. The highest BCUT2D eigenvalue weighted by Gasteiger charge is 2.35. The van der Waals surface area contributed by atoms with Crippen LogP contribution in [0.1, 0.15) is 29.8 Å². The fourth-order valence-corrected chi connectivity index (χ4v) is 5.06. The molecule has 3 aromatic rings. The largest absolute Gasteiger partial charge is 0.390 e. The number of hydrogen-bond donors (Lipinski definition) is 3. The highest BCUT2D eigenvalue weighted by atomic mass is 19.3. The SMILES string of the molecule is Cc1nnc(N[C@H](C)c2cccc(C(F)(F)CO)c2F)c2cc(N3CCN4CCOC[C@@H]4C3)c(=O)[nH]c12. The molecule has 0 spiro atoms. The third-order valence-corrected chi connectivity index (χ3v) is 7.16. The fourth-order valence-electron chi connectivity index (χ4n) is 5.06. The third kappa shape index (κ3) is 4.76. The van der Waals surface area contributed by atoms with E-state index in [1.54, 1.807) is 19.9 Å². The first kappa shape index (κ1) is 25.4. The molecule has 1 aromatic carbocycles. The maximum Gasteiger partial charge on any atom is 0.298 e. The van der Waals surface area contributed by atoms with Crippen LogP contribution in [-0.4, -0.2) is 77.2 Å². The summed E-state index contributed by atoms with van der Waals surface area (Å²) in [5.74, 6) is -4.53. The topological polar surface area (TPSA) is 107 Å². The van der Waals surface area contributed by atoms with Crippen molar-refractivity contribution in [3.8, 4) is 0 Å². The van der Waals surface area contributed by atoms with Crippen LogP contribution in [-0.2, 0) is 10.7 Å². The lowest BCUT2D eigenvalue weighted by Crippen LogP contribution is -2.58. The van der Waals surface area contributed by atoms with Gasteiger partial charge in [0.25, 0.3) is 11.5 Å². The molecule has 0 unspecified atom stereocenters. The number of anilines is 2. The molecule has 9 nitrogen and oxygen atoms in total. The first-order valence-corrected chi connectivity index (χ1v) is 12.2. The molecule has 2 aromatic heterocycles. The van der Waals surface area contributed by atoms with Crippen LogP contribution in [0.3, 0.4) is 0 Å². The number of piperazine rings is 1. The van der Waals surface area contributed by atoms with E-state index in [1.165, 1.54) is 12.1 Å². The van der Waals surface area contributed by atoms with Crippen LogP contribution in [0.4, 0.5) is 24.7 Å². The molecule has 0 aliphatic carbocycles. The van der Waals surface area contributed by atoms with Gasteiger partial charge >= 0.3 is 0 Å². The van der Waals surface area contributed by atoms with Gasteiger partial charge in [0.15, 0.2) is 5.82 Å². The molecule has 2 atom stereocenters. The zero-order chi connectivity index (χ0) is 26.3. The number of aliphatic hydroxyl groups excluding tert-OH is 1. The van der Waals surface area contributed by atoms with Crippen LogP contribution in [0, 0.1) is 12.7 Å². The van der Waals surface area contributed by atoms with Crippen molar-refractivity contribution in [2.45, 2.75) is 31.9 Å². The molecule has 3 N–H and O–H groups in total. The van der Waals surface area contributed by atoms with E-state index < -0.39 is 30.0 Å². The van der Waals surface area contributed by atoms with E-state index in [0.717, 1.165) is 19.2 Å². The second-order valence-corrected chi connectivity index (χ2v) is 9.55. The van der Waals surface area contributed by atoms with Gasteiger partial charge in [0.05, 0.1) is 42.1 Å². The summed E-state index contributed by atoms with van der Waals surface area (Å²) in [6.45, 7) is 6.15. The molecule has 0 bridgehead atoms. The smallest absolute Gasteiger partial charge is 0.298 e. The Morgan fingerprint density at radius 3 is 2.89 bits per heavy atom. The number of halogens is 3. The zero-order valence-corrected chi connectivity index (χ0v) is 20.6. The van der Waals surface area contributed by atoms with Crippen molar-refractivity contribution in [1.82, 2.24) is 20.1 Å². The number of alkyl halides is 2. The normalized spacial score (nSPS) is 19.6. The number of pyridine rings is 1. The summed E-state index contributed by atoms with van der Waals surface area (Å²) >= 11 is 0. The van der Waals surface area contributed by atoms with Crippen molar-refractivity contribution in [2.24, 2.45) is 0 Å². The highest BCUT2D eigenvalue weighted by Crippen LogP contribution is 2.34. The summed E-state index contributed by atoms with van der Waals surface area (Å²) in [4.78, 5) is 20.4. The molecule has 2 saturated heterocycles. The number of nitrogens with zero attached hydrogens (tertiary/aromatic N) is 4. The quantitative estimate of drug-likeness (QED) is 0.457. The van der Waals surface area contributed by atoms with E-state index in [1.807, 2.05) is 4.90 Å². The molecule has 2 fully saturated rings. The maximum atomic E-state index is 15.0. The number of H-pyrrole nitrogens is 1. The summed E-state index contributed by atoms with van der Waals surface area (Å²) < 4.78 is 48.8. The Labute approximate surface area is 211 Å². The van der Waals surface area contributed by atoms with Gasteiger partial charge in [-0.2, -0.15) is 13.9 Å². The van der Waals surface area contributed by atoms with Crippen molar-refractivity contribution in [1.29, 1.82) is 0 Å². The van der Waals surface area contributed by atoms with E-state index in [0.29, 0.717) is 48.6 Å². The van der Waals surface area contributed by atoms with Gasteiger partial charge in [-0.25, -0.2) is 4.39 Å². The Morgan fingerprint density at radius 1 is 1.30 bits per heavy atom. The summed E-state index contributed by atoms with van der Waals surface area (Å²) in [5, 5.41) is 21.0. The van der Waals surface area contributed by atoms with E-state index >= 15 is 4.39 Å². The molecule has 0 saturated carbocycles. The molecule has 0 amide bonds. The number of hydrogen-bond acceptors (Lipinski definition) is 8. The van der Waals surface area contributed by atoms with E-state index in [9.17, 15) is 13.6 Å². The number of aliphatic hydroxyl groups is 1. The number of aryl methyl sites for hydroxylation is 1. The summed E-state index contributed by atoms with van der Waals surface area (Å²) in [6, 6.07) is 4.84.